The minimum Gasteiger partial charge on any atom is -0.351 e. The Balaban J connectivity index is 1.83. The first kappa shape index (κ1) is 14.2. The molecule has 0 spiro atoms. The van der Waals surface area contributed by atoms with E-state index >= 15 is 0 Å². The third kappa shape index (κ3) is 2.82. The molecule has 1 saturated carbocycles. The van der Waals surface area contributed by atoms with Gasteiger partial charge in [-0.2, -0.15) is 0 Å². The minimum atomic E-state index is 0.0296. The van der Waals surface area contributed by atoms with Gasteiger partial charge in [0.2, 0.25) is 0 Å². The Bertz CT molecular complexity index is 671. The predicted octanol–water partition coefficient (Wildman–Crippen LogP) is 4.09. The lowest BCUT2D eigenvalue weighted by Crippen LogP contribution is -2.41. The Morgan fingerprint density at radius 2 is 1.95 bits per heavy atom. The average Bonchev–Trinajstić information content (AvgIpc) is 2.85. The number of aromatic nitrogens is 1. The summed E-state index contributed by atoms with van der Waals surface area (Å²) < 4.78 is 0. The second-order valence-electron chi connectivity index (χ2n) is 6.57. The second-order valence-corrected chi connectivity index (χ2v) is 6.57. The largest absolute Gasteiger partial charge is 0.351 e. The summed E-state index contributed by atoms with van der Waals surface area (Å²) in [6.45, 7) is 6.41. The molecule has 0 bridgehead atoms. The van der Waals surface area contributed by atoms with Gasteiger partial charge >= 0.3 is 0 Å². The lowest BCUT2D eigenvalue weighted by Gasteiger charge is -2.29. The van der Waals surface area contributed by atoms with E-state index in [4.69, 9.17) is 0 Å². The van der Waals surface area contributed by atoms with Gasteiger partial charge in [-0.25, -0.2) is 0 Å². The van der Waals surface area contributed by atoms with Gasteiger partial charge in [0.15, 0.2) is 0 Å². The molecule has 1 heterocycles. The summed E-state index contributed by atoms with van der Waals surface area (Å²) in [5.41, 5.74) is 4.16. The van der Waals surface area contributed by atoms with Crippen LogP contribution in [0.15, 0.2) is 18.2 Å². The molecule has 1 aromatic heterocycles. The number of carbonyl (C=O) groups is 1. The topological polar surface area (TPSA) is 44.9 Å². The zero-order chi connectivity index (χ0) is 15.0. The number of nitrogens with one attached hydrogen (secondary N) is 2. The van der Waals surface area contributed by atoms with Gasteiger partial charge in [0, 0.05) is 16.9 Å². The fraction of sp³-hybridized carbons (Fsp3) is 0.500. The van der Waals surface area contributed by atoms with Gasteiger partial charge in [0.1, 0.15) is 5.69 Å². The van der Waals surface area contributed by atoms with Crippen molar-refractivity contribution in [3.63, 3.8) is 0 Å². The Hall–Kier alpha value is -1.77. The molecular formula is C18H24N2O. The van der Waals surface area contributed by atoms with Crippen molar-refractivity contribution in [2.45, 2.75) is 52.5 Å². The number of hydrogen-bond acceptors (Lipinski definition) is 1. The molecule has 2 atom stereocenters. The molecule has 2 aromatic rings. The highest BCUT2D eigenvalue weighted by molar-refractivity contribution is 5.99. The van der Waals surface area contributed by atoms with Crippen LogP contribution < -0.4 is 5.32 Å². The molecule has 112 valence electrons. The van der Waals surface area contributed by atoms with Crippen molar-refractivity contribution < 1.29 is 4.79 Å². The first-order chi connectivity index (χ1) is 10.0. The number of amides is 1. The monoisotopic (exact) mass is 284 g/mol. The molecular weight excluding hydrogens is 260 g/mol. The van der Waals surface area contributed by atoms with E-state index in [0.717, 1.165) is 17.3 Å². The SMILES string of the molecule is Cc1cc(C)c2cc(C(=O)N[C@@H]3CCCC[C@H]3C)[nH]c2c1. The molecule has 3 nitrogen and oxygen atoms in total. The highest BCUT2D eigenvalue weighted by Gasteiger charge is 2.23. The molecule has 0 unspecified atom stereocenters. The van der Waals surface area contributed by atoms with E-state index in [1.807, 2.05) is 6.07 Å². The minimum absolute atomic E-state index is 0.0296. The molecule has 3 heteroatoms. The highest BCUT2D eigenvalue weighted by atomic mass is 16.1. The van der Waals surface area contributed by atoms with Crippen molar-refractivity contribution in [2.75, 3.05) is 0 Å². The summed E-state index contributed by atoms with van der Waals surface area (Å²) in [7, 11) is 0. The molecule has 0 radical (unpaired) electrons. The van der Waals surface area contributed by atoms with Crippen LogP contribution in [-0.4, -0.2) is 16.9 Å². The maximum atomic E-state index is 12.5. The van der Waals surface area contributed by atoms with E-state index in [1.54, 1.807) is 0 Å². The molecule has 1 aromatic carbocycles. The van der Waals surface area contributed by atoms with Gasteiger partial charge in [-0.15, -0.1) is 0 Å². The quantitative estimate of drug-likeness (QED) is 0.857. The van der Waals surface area contributed by atoms with Gasteiger partial charge < -0.3 is 10.3 Å². The van der Waals surface area contributed by atoms with Crippen molar-refractivity contribution in [2.24, 2.45) is 5.92 Å². The fourth-order valence-electron chi connectivity index (χ4n) is 3.50. The maximum Gasteiger partial charge on any atom is 0.267 e. The van der Waals surface area contributed by atoms with Crippen LogP contribution in [0.1, 0.15) is 54.2 Å². The summed E-state index contributed by atoms with van der Waals surface area (Å²) in [5, 5.41) is 4.35. The van der Waals surface area contributed by atoms with Crippen LogP contribution in [0, 0.1) is 19.8 Å². The van der Waals surface area contributed by atoms with Gasteiger partial charge in [-0.1, -0.05) is 25.8 Å². The van der Waals surface area contributed by atoms with Gasteiger partial charge in [0.25, 0.3) is 5.91 Å². The summed E-state index contributed by atoms with van der Waals surface area (Å²) in [6.07, 6.45) is 4.83. The smallest absolute Gasteiger partial charge is 0.267 e. The fourth-order valence-corrected chi connectivity index (χ4v) is 3.50. The molecule has 1 amide bonds. The van der Waals surface area contributed by atoms with Crippen LogP contribution in [0.2, 0.25) is 0 Å². The van der Waals surface area contributed by atoms with E-state index < -0.39 is 0 Å². The zero-order valence-corrected chi connectivity index (χ0v) is 13.1. The third-order valence-corrected chi connectivity index (χ3v) is 4.76. The summed E-state index contributed by atoms with van der Waals surface area (Å²) in [6, 6.07) is 6.55. The van der Waals surface area contributed by atoms with Gasteiger partial charge in [-0.3, -0.25) is 4.79 Å². The van der Waals surface area contributed by atoms with E-state index in [0.29, 0.717) is 17.7 Å². The summed E-state index contributed by atoms with van der Waals surface area (Å²) in [5.74, 6) is 0.609. The number of aryl methyl sites for hydroxylation is 2. The van der Waals surface area contributed by atoms with Crippen LogP contribution in [-0.2, 0) is 0 Å². The Kier molecular flexibility index (Phi) is 3.75. The van der Waals surface area contributed by atoms with Crippen molar-refractivity contribution in [3.05, 3.63) is 35.0 Å². The van der Waals surface area contributed by atoms with Crippen LogP contribution in [0.25, 0.3) is 10.9 Å². The van der Waals surface area contributed by atoms with E-state index in [-0.39, 0.29) is 5.91 Å². The van der Waals surface area contributed by atoms with Crippen molar-refractivity contribution in [3.8, 4) is 0 Å². The van der Waals surface area contributed by atoms with Gasteiger partial charge in [0.05, 0.1) is 0 Å². The van der Waals surface area contributed by atoms with Crippen LogP contribution >= 0.6 is 0 Å². The molecule has 3 rings (SSSR count). The third-order valence-electron chi connectivity index (χ3n) is 4.76. The van der Waals surface area contributed by atoms with E-state index in [9.17, 15) is 4.79 Å². The first-order valence-corrected chi connectivity index (χ1v) is 7.95. The van der Waals surface area contributed by atoms with Gasteiger partial charge in [-0.05, 0) is 55.9 Å². The Morgan fingerprint density at radius 3 is 2.71 bits per heavy atom. The molecule has 21 heavy (non-hydrogen) atoms. The standard InChI is InChI=1S/C18H24N2O/c1-11-8-13(3)14-10-17(19-16(14)9-11)18(21)20-15-7-5-4-6-12(15)2/h8-10,12,15,19H,4-7H2,1-3H3,(H,20,21)/t12-,15-/m1/s1. The van der Waals surface area contributed by atoms with Crippen molar-refractivity contribution in [1.29, 1.82) is 0 Å². The lowest BCUT2D eigenvalue weighted by atomic mass is 9.86. The second kappa shape index (κ2) is 5.55. The number of hydrogen-bond donors (Lipinski definition) is 2. The molecule has 1 aliphatic rings. The maximum absolute atomic E-state index is 12.5. The number of carbonyl (C=O) groups excluding carboxylic acids is 1. The lowest BCUT2D eigenvalue weighted by molar-refractivity contribution is 0.0906. The van der Waals surface area contributed by atoms with Crippen molar-refractivity contribution in [1.82, 2.24) is 10.3 Å². The molecule has 1 fully saturated rings. The average molecular weight is 284 g/mol. The summed E-state index contributed by atoms with van der Waals surface area (Å²) in [4.78, 5) is 15.8. The Labute approximate surface area is 126 Å². The Morgan fingerprint density at radius 1 is 1.19 bits per heavy atom. The molecule has 0 saturated heterocycles. The summed E-state index contributed by atoms with van der Waals surface area (Å²) >= 11 is 0. The number of fused-ring (bicyclic) bond motifs is 1. The molecule has 2 N–H and O–H groups in total. The normalized spacial score (nSPS) is 22.4. The zero-order valence-electron chi connectivity index (χ0n) is 13.1. The predicted molar refractivity (Wildman–Crippen MR) is 86.7 cm³/mol. The highest BCUT2D eigenvalue weighted by Crippen LogP contribution is 2.25. The van der Waals surface area contributed by atoms with E-state index in [2.05, 4.69) is 43.2 Å². The van der Waals surface area contributed by atoms with Crippen LogP contribution in [0.3, 0.4) is 0 Å². The van der Waals surface area contributed by atoms with Crippen molar-refractivity contribution >= 4 is 16.8 Å². The van der Waals surface area contributed by atoms with Crippen LogP contribution in [0.5, 0.6) is 0 Å². The molecule has 1 aliphatic carbocycles. The first-order valence-electron chi connectivity index (χ1n) is 7.95. The van der Waals surface area contributed by atoms with Crippen LogP contribution in [0.4, 0.5) is 0 Å². The number of H-pyrrole nitrogens is 1. The number of aromatic amines is 1. The number of rotatable bonds is 2. The number of benzene rings is 1. The molecule has 0 aliphatic heterocycles. The van der Waals surface area contributed by atoms with E-state index in [1.165, 1.54) is 30.4 Å².